The molecule has 2 aliphatic heterocycles. The van der Waals surface area contributed by atoms with Crippen LogP contribution in [-0.2, 0) is 9.59 Å². The lowest BCUT2D eigenvalue weighted by Gasteiger charge is -2.31. The SMILES string of the molecule is CC1(C(=O)O)CCCN1C(=O)NCC1CCC(=O)N1. The molecule has 7 heteroatoms. The van der Waals surface area contributed by atoms with Gasteiger partial charge in [0.05, 0.1) is 0 Å². The van der Waals surface area contributed by atoms with Gasteiger partial charge in [-0.15, -0.1) is 0 Å². The monoisotopic (exact) mass is 269 g/mol. The predicted octanol–water partition coefficient (Wildman–Crippen LogP) is -0.0863. The Bertz CT molecular complexity index is 412. The molecule has 2 unspecified atom stereocenters. The van der Waals surface area contributed by atoms with Gasteiger partial charge in [-0.3, -0.25) is 4.79 Å². The Hall–Kier alpha value is -1.79. The van der Waals surface area contributed by atoms with Gasteiger partial charge in [0.1, 0.15) is 5.54 Å². The summed E-state index contributed by atoms with van der Waals surface area (Å²) < 4.78 is 0. The first-order valence-corrected chi connectivity index (χ1v) is 6.52. The van der Waals surface area contributed by atoms with Gasteiger partial charge in [-0.2, -0.15) is 0 Å². The Morgan fingerprint density at radius 3 is 2.89 bits per heavy atom. The highest BCUT2D eigenvalue weighted by Crippen LogP contribution is 2.29. The molecule has 0 aromatic heterocycles. The molecule has 106 valence electrons. The van der Waals surface area contributed by atoms with Crippen LogP contribution in [-0.4, -0.2) is 52.6 Å². The van der Waals surface area contributed by atoms with E-state index >= 15 is 0 Å². The number of carbonyl (C=O) groups is 3. The number of nitrogens with zero attached hydrogens (tertiary/aromatic N) is 1. The quantitative estimate of drug-likeness (QED) is 0.667. The van der Waals surface area contributed by atoms with Crippen LogP contribution in [0.25, 0.3) is 0 Å². The van der Waals surface area contributed by atoms with Crippen LogP contribution in [0, 0.1) is 0 Å². The molecule has 0 aromatic rings. The van der Waals surface area contributed by atoms with Crippen LogP contribution >= 0.6 is 0 Å². The summed E-state index contributed by atoms with van der Waals surface area (Å²) in [6.45, 7) is 2.36. The molecule has 0 spiro atoms. The number of carboxylic acids is 1. The van der Waals surface area contributed by atoms with Crippen molar-refractivity contribution < 1.29 is 19.5 Å². The molecule has 2 heterocycles. The lowest BCUT2D eigenvalue weighted by Crippen LogP contribution is -2.55. The van der Waals surface area contributed by atoms with Gasteiger partial charge in [0.15, 0.2) is 0 Å². The molecule has 2 saturated heterocycles. The van der Waals surface area contributed by atoms with Crippen molar-refractivity contribution >= 4 is 17.9 Å². The predicted molar refractivity (Wildman–Crippen MR) is 66.5 cm³/mol. The molecule has 0 aromatic carbocycles. The number of urea groups is 1. The van der Waals surface area contributed by atoms with Crippen molar-refractivity contribution in [1.29, 1.82) is 0 Å². The summed E-state index contributed by atoms with van der Waals surface area (Å²) in [6, 6.07) is -0.418. The fourth-order valence-electron chi connectivity index (χ4n) is 2.65. The Labute approximate surface area is 111 Å². The third-order valence-corrected chi connectivity index (χ3v) is 3.93. The Morgan fingerprint density at radius 2 is 2.32 bits per heavy atom. The minimum absolute atomic E-state index is 0.00389. The van der Waals surface area contributed by atoms with Crippen LogP contribution in [0.3, 0.4) is 0 Å². The second-order valence-electron chi connectivity index (χ2n) is 5.32. The Kier molecular flexibility index (Phi) is 3.64. The van der Waals surface area contributed by atoms with Crippen LogP contribution in [0.5, 0.6) is 0 Å². The van der Waals surface area contributed by atoms with Crippen molar-refractivity contribution in [1.82, 2.24) is 15.5 Å². The number of carboxylic acid groups (broad SMARTS) is 1. The molecule has 0 aliphatic carbocycles. The second-order valence-corrected chi connectivity index (χ2v) is 5.32. The average molecular weight is 269 g/mol. The lowest BCUT2D eigenvalue weighted by atomic mass is 10.00. The van der Waals surface area contributed by atoms with Crippen LogP contribution in [0.4, 0.5) is 4.79 Å². The number of amides is 3. The van der Waals surface area contributed by atoms with Gasteiger partial charge in [-0.25, -0.2) is 9.59 Å². The molecule has 0 bridgehead atoms. The number of aliphatic carboxylic acids is 1. The molecule has 2 fully saturated rings. The number of rotatable bonds is 3. The molecule has 3 amide bonds. The Balaban J connectivity index is 1.89. The van der Waals surface area contributed by atoms with E-state index in [2.05, 4.69) is 10.6 Å². The minimum atomic E-state index is -1.12. The molecule has 2 atom stereocenters. The summed E-state index contributed by atoms with van der Waals surface area (Å²) in [5, 5.41) is 14.7. The minimum Gasteiger partial charge on any atom is -0.480 e. The standard InChI is InChI=1S/C12H19N3O4/c1-12(10(17)18)5-2-6-15(12)11(19)13-7-8-3-4-9(16)14-8/h8H,2-7H2,1H3,(H,13,19)(H,14,16)(H,17,18). The van der Waals surface area contributed by atoms with Crippen LogP contribution in [0.2, 0.25) is 0 Å². The maximum absolute atomic E-state index is 12.0. The van der Waals surface area contributed by atoms with Gasteiger partial charge < -0.3 is 20.6 Å². The summed E-state index contributed by atoms with van der Waals surface area (Å²) in [5.41, 5.74) is -1.12. The molecule has 2 aliphatic rings. The van der Waals surface area contributed by atoms with Gasteiger partial charge in [-0.1, -0.05) is 0 Å². The maximum atomic E-state index is 12.0. The zero-order chi connectivity index (χ0) is 14.0. The average Bonchev–Trinajstić information content (AvgIpc) is 2.93. The van der Waals surface area contributed by atoms with E-state index in [9.17, 15) is 19.5 Å². The van der Waals surface area contributed by atoms with Crippen molar-refractivity contribution in [3.05, 3.63) is 0 Å². The van der Waals surface area contributed by atoms with Crippen LogP contribution in [0.15, 0.2) is 0 Å². The molecule has 0 saturated carbocycles. The van der Waals surface area contributed by atoms with E-state index in [1.165, 1.54) is 4.90 Å². The summed E-state index contributed by atoms with van der Waals surface area (Å²) in [6.07, 6.45) is 2.35. The summed E-state index contributed by atoms with van der Waals surface area (Å²) >= 11 is 0. The number of carbonyl (C=O) groups excluding carboxylic acids is 2. The fourth-order valence-corrected chi connectivity index (χ4v) is 2.65. The van der Waals surface area contributed by atoms with E-state index in [1.807, 2.05) is 0 Å². The number of hydrogen-bond donors (Lipinski definition) is 3. The van der Waals surface area contributed by atoms with Gasteiger partial charge >= 0.3 is 12.0 Å². The summed E-state index contributed by atoms with van der Waals surface area (Å²) in [4.78, 5) is 35.7. The molecule has 3 N–H and O–H groups in total. The van der Waals surface area contributed by atoms with E-state index < -0.39 is 11.5 Å². The van der Waals surface area contributed by atoms with Crippen LogP contribution < -0.4 is 10.6 Å². The smallest absolute Gasteiger partial charge is 0.329 e. The summed E-state index contributed by atoms with van der Waals surface area (Å²) in [5.74, 6) is -0.981. The number of likely N-dealkylation sites (tertiary alicyclic amines) is 1. The largest absolute Gasteiger partial charge is 0.480 e. The van der Waals surface area contributed by atoms with Gasteiger partial charge in [0.25, 0.3) is 0 Å². The van der Waals surface area contributed by atoms with Gasteiger partial charge in [0.2, 0.25) is 5.91 Å². The molecule has 0 radical (unpaired) electrons. The highest BCUT2D eigenvalue weighted by atomic mass is 16.4. The summed E-state index contributed by atoms with van der Waals surface area (Å²) in [7, 11) is 0. The molecular formula is C12H19N3O4. The topological polar surface area (TPSA) is 98.7 Å². The maximum Gasteiger partial charge on any atom is 0.329 e. The first-order valence-electron chi connectivity index (χ1n) is 6.52. The number of hydrogen-bond acceptors (Lipinski definition) is 3. The molecule has 2 rings (SSSR count). The normalized spacial score (nSPS) is 30.3. The van der Waals surface area contributed by atoms with E-state index in [4.69, 9.17) is 0 Å². The highest BCUT2D eigenvalue weighted by Gasteiger charge is 2.46. The van der Waals surface area contributed by atoms with Gasteiger partial charge in [0, 0.05) is 25.6 Å². The van der Waals surface area contributed by atoms with E-state index in [-0.39, 0.29) is 18.0 Å². The molecule has 19 heavy (non-hydrogen) atoms. The molecule has 7 nitrogen and oxygen atoms in total. The molecular weight excluding hydrogens is 250 g/mol. The van der Waals surface area contributed by atoms with Crippen molar-refractivity contribution in [2.45, 2.75) is 44.2 Å². The van der Waals surface area contributed by atoms with Crippen molar-refractivity contribution in [2.24, 2.45) is 0 Å². The van der Waals surface area contributed by atoms with Crippen molar-refractivity contribution in [3.8, 4) is 0 Å². The van der Waals surface area contributed by atoms with E-state index in [1.54, 1.807) is 6.92 Å². The van der Waals surface area contributed by atoms with Crippen molar-refractivity contribution in [2.75, 3.05) is 13.1 Å². The zero-order valence-electron chi connectivity index (χ0n) is 10.9. The van der Waals surface area contributed by atoms with Crippen LogP contribution in [0.1, 0.15) is 32.6 Å². The van der Waals surface area contributed by atoms with Gasteiger partial charge in [-0.05, 0) is 26.2 Å². The third kappa shape index (κ3) is 2.64. The first-order chi connectivity index (χ1) is 8.93. The van der Waals surface area contributed by atoms with E-state index in [0.717, 1.165) is 0 Å². The zero-order valence-corrected chi connectivity index (χ0v) is 10.9. The first kappa shape index (κ1) is 13.6. The van der Waals surface area contributed by atoms with E-state index in [0.29, 0.717) is 38.8 Å². The Morgan fingerprint density at radius 1 is 1.58 bits per heavy atom. The second kappa shape index (κ2) is 5.07. The highest BCUT2D eigenvalue weighted by molar-refractivity contribution is 5.86. The fraction of sp³-hybridized carbons (Fsp3) is 0.750. The number of nitrogens with one attached hydrogen (secondary N) is 2. The lowest BCUT2D eigenvalue weighted by molar-refractivity contribution is -0.147. The third-order valence-electron chi connectivity index (χ3n) is 3.93. The van der Waals surface area contributed by atoms with Crippen molar-refractivity contribution in [3.63, 3.8) is 0 Å².